The fourth-order valence-corrected chi connectivity index (χ4v) is 3.75. The van der Waals surface area contributed by atoms with Crippen molar-refractivity contribution in [2.24, 2.45) is 0 Å². The first kappa shape index (κ1) is 24.6. The molecule has 4 rings (SSSR count). The minimum atomic E-state index is -0.726. The van der Waals surface area contributed by atoms with Gasteiger partial charge in [0.2, 0.25) is 5.91 Å². The first-order valence-corrected chi connectivity index (χ1v) is 11.0. The second kappa shape index (κ2) is 10.4. The number of benzene rings is 2. The standard InChI is InChI=1S/C25H19F2N5O3S/c1-14-21(34-2)13-32-23(14)24(16(11-28)12-29-32)35-20-8-7-18(10-19(20)27)30-25(36)31-22(33)9-15-3-5-17(26)6-4-15/h3-8,10,12-13H,9H2,1-2H3,(H2,30,31,33,36). The average molecular weight is 508 g/mol. The van der Waals surface area contributed by atoms with E-state index >= 15 is 0 Å². The molecule has 182 valence electrons. The fraction of sp³-hybridized carbons (Fsp3) is 0.120. The van der Waals surface area contributed by atoms with E-state index in [9.17, 15) is 18.8 Å². The zero-order valence-electron chi connectivity index (χ0n) is 19.1. The second-order valence-electron chi connectivity index (χ2n) is 7.67. The Hall–Kier alpha value is -4.56. The van der Waals surface area contributed by atoms with Crippen molar-refractivity contribution >= 4 is 34.4 Å². The third-order valence-corrected chi connectivity index (χ3v) is 5.44. The van der Waals surface area contributed by atoms with Gasteiger partial charge in [-0.3, -0.25) is 4.79 Å². The van der Waals surface area contributed by atoms with Gasteiger partial charge in [-0.1, -0.05) is 12.1 Å². The van der Waals surface area contributed by atoms with E-state index in [1.807, 2.05) is 6.07 Å². The van der Waals surface area contributed by atoms with Gasteiger partial charge in [-0.2, -0.15) is 10.4 Å². The Balaban J connectivity index is 1.48. The molecule has 36 heavy (non-hydrogen) atoms. The number of methoxy groups -OCH3 is 1. The summed E-state index contributed by atoms with van der Waals surface area (Å²) in [6, 6.07) is 11.5. The highest BCUT2D eigenvalue weighted by Crippen LogP contribution is 2.36. The summed E-state index contributed by atoms with van der Waals surface area (Å²) in [6.07, 6.45) is 2.95. The number of nitrogens with zero attached hydrogens (tertiary/aromatic N) is 3. The van der Waals surface area contributed by atoms with Crippen LogP contribution >= 0.6 is 12.2 Å². The molecule has 11 heteroatoms. The van der Waals surface area contributed by atoms with Gasteiger partial charge in [0.05, 0.1) is 25.9 Å². The Labute approximate surface area is 210 Å². The van der Waals surface area contributed by atoms with Gasteiger partial charge < -0.3 is 20.1 Å². The van der Waals surface area contributed by atoms with Crippen molar-refractivity contribution in [3.8, 4) is 23.3 Å². The van der Waals surface area contributed by atoms with Crippen LogP contribution in [0.4, 0.5) is 14.5 Å². The molecule has 0 aliphatic rings. The van der Waals surface area contributed by atoms with Gasteiger partial charge in [-0.15, -0.1) is 0 Å². The third-order valence-electron chi connectivity index (χ3n) is 5.24. The van der Waals surface area contributed by atoms with Crippen molar-refractivity contribution < 1.29 is 23.0 Å². The summed E-state index contributed by atoms with van der Waals surface area (Å²) in [4.78, 5) is 12.2. The number of anilines is 1. The molecule has 2 heterocycles. The molecule has 2 aromatic heterocycles. The van der Waals surface area contributed by atoms with Crippen LogP contribution in [0.3, 0.4) is 0 Å². The molecule has 0 aliphatic carbocycles. The summed E-state index contributed by atoms with van der Waals surface area (Å²) in [5.74, 6) is -0.991. The van der Waals surface area contributed by atoms with E-state index in [-0.39, 0.29) is 34.3 Å². The molecule has 0 fully saturated rings. The number of nitriles is 1. The van der Waals surface area contributed by atoms with E-state index in [4.69, 9.17) is 21.7 Å². The lowest BCUT2D eigenvalue weighted by atomic mass is 10.1. The summed E-state index contributed by atoms with van der Waals surface area (Å²) >= 11 is 5.13. The Morgan fingerprint density at radius 2 is 1.94 bits per heavy atom. The largest absolute Gasteiger partial charge is 0.495 e. The van der Waals surface area contributed by atoms with E-state index < -0.39 is 17.5 Å². The van der Waals surface area contributed by atoms with E-state index in [1.165, 1.54) is 54.2 Å². The fourth-order valence-electron chi connectivity index (χ4n) is 3.51. The smallest absolute Gasteiger partial charge is 0.230 e. The number of thiocarbonyl (C=S) groups is 1. The van der Waals surface area contributed by atoms with Crippen LogP contribution in [0.15, 0.2) is 54.9 Å². The van der Waals surface area contributed by atoms with Crippen LogP contribution in [0.2, 0.25) is 0 Å². The number of nitrogens with one attached hydrogen (secondary N) is 2. The summed E-state index contributed by atoms with van der Waals surface area (Å²) in [5.41, 5.74) is 2.16. The highest BCUT2D eigenvalue weighted by molar-refractivity contribution is 7.80. The maximum absolute atomic E-state index is 14.9. The Bertz CT molecular complexity index is 1510. The van der Waals surface area contributed by atoms with Crippen LogP contribution in [0, 0.1) is 29.9 Å². The maximum atomic E-state index is 14.9. The first-order valence-electron chi connectivity index (χ1n) is 10.6. The number of fused-ring (bicyclic) bond motifs is 1. The van der Waals surface area contributed by atoms with E-state index in [1.54, 1.807) is 13.1 Å². The van der Waals surface area contributed by atoms with Gasteiger partial charge in [0.25, 0.3) is 0 Å². The Morgan fingerprint density at radius 3 is 2.61 bits per heavy atom. The third kappa shape index (κ3) is 5.24. The summed E-state index contributed by atoms with van der Waals surface area (Å²) in [7, 11) is 1.51. The van der Waals surface area contributed by atoms with E-state index in [2.05, 4.69) is 15.7 Å². The van der Waals surface area contributed by atoms with Gasteiger partial charge >= 0.3 is 0 Å². The average Bonchev–Trinajstić information content (AvgIpc) is 3.18. The zero-order chi connectivity index (χ0) is 25.8. The number of hydrogen-bond donors (Lipinski definition) is 2. The minimum Gasteiger partial charge on any atom is -0.495 e. The number of amides is 1. The van der Waals surface area contributed by atoms with Crippen molar-refractivity contribution in [2.75, 3.05) is 12.4 Å². The quantitative estimate of drug-likeness (QED) is 0.367. The normalized spacial score (nSPS) is 10.5. The number of carbonyl (C=O) groups is 1. The number of ether oxygens (including phenoxy) is 2. The van der Waals surface area contributed by atoms with Gasteiger partial charge in [-0.05, 0) is 49.0 Å². The predicted octanol–water partition coefficient (Wildman–Crippen LogP) is 4.65. The van der Waals surface area contributed by atoms with Crippen molar-refractivity contribution in [1.29, 1.82) is 5.26 Å². The van der Waals surface area contributed by atoms with Crippen LogP contribution < -0.4 is 20.1 Å². The highest BCUT2D eigenvalue weighted by atomic mass is 32.1. The van der Waals surface area contributed by atoms with Crippen molar-refractivity contribution in [2.45, 2.75) is 13.3 Å². The molecule has 0 aliphatic heterocycles. The molecule has 0 unspecified atom stereocenters. The van der Waals surface area contributed by atoms with Crippen LogP contribution in [0.5, 0.6) is 17.2 Å². The van der Waals surface area contributed by atoms with E-state index in [0.29, 0.717) is 22.4 Å². The second-order valence-corrected chi connectivity index (χ2v) is 8.08. The molecular weight excluding hydrogens is 488 g/mol. The van der Waals surface area contributed by atoms with E-state index in [0.717, 1.165) is 6.07 Å². The molecule has 4 aromatic rings. The van der Waals surface area contributed by atoms with Gasteiger partial charge in [-0.25, -0.2) is 13.3 Å². The van der Waals surface area contributed by atoms with Crippen LogP contribution in [-0.4, -0.2) is 27.7 Å². The molecule has 2 aromatic carbocycles. The van der Waals surface area contributed by atoms with Gasteiger partial charge in [0.15, 0.2) is 22.4 Å². The molecule has 8 nitrogen and oxygen atoms in total. The number of aromatic nitrogens is 2. The number of carbonyl (C=O) groups excluding carboxylic acids is 1. The number of aryl methyl sites for hydroxylation is 1. The molecule has 0 saturated heterocycles. The Morgan fingerprint density at radius 1 is 1.19 bits per heavy atom. The molecule has 0 spiro atoms. The topological polar surface area (TPSA) is 101 Å². The lowest BCUT2D eigenvalue weighted by Gasteiger charge is -2.13. The molecule has 0 saturated carbocycles. The van der Waals surface area contributed by atoms with Crippen LogP contribution in [0.25, 0.3) is 5.52 Å². The number of halogens is 2. The van der Waals surface area contributed by atoms with Crippen molar-refractivity contribution in [3.63, 3.8) is 0 Å². The first-order chi connectivity index (χ1) is 17.3. The minimum absolute atomic E-state index is 0.00515. The molecule has 0 radical (unpaired) electrons. The van der Waals surface area contributed by atoms with Gasteiger partial charge in [0, 0.05) is 17.3 Å². The molecule has 0 bridgehead atoms. The maximum Gasteiger partial charge on any atom is 0.230 e. The SMILES string of the molecule is COc1cn2ncc(C#N)c(Oc3ccc(NC(=S)NC(=O)Cc4ccc(F)cc4)cc3F)c2c1C. The summed E-state index contributed by atoms with van der Waals surface area (Å²) in [6.45, 7) is 1.78. The number of hydrogen-bond acceptors (Lipinski definition) is 6. The molecular formula is C25H19F2N5O3S. The lowest BCUT2D eigenvalue weighted by Crippen LogP contribution is -2.35. The molecule has 1 amide bonds. The van der Waals surface area contributed by atoms with Crippen LogP contribution in [-0.2, 0) is 11.2 Å². The van der Waals surface area contributed by atoms with Crippen molar-refractivity contribution in [1.82, 2.24) is 14.9 Å². The Kier molecular flexibility index (Phi) is 7.07. The van der Waals surface area contributed by atoms with Crippen molar-refractivity contribution in [3.05, 3.63) is 83.2 Å². The molecule has 2 N–H and O–H groups in total. The van der Waals surface area contributed by atoms with Crippen LogP contribution in [0.1, 0.15) is 16.7 Å². The lowest BCUT2D eigenvalue weighted by molar-refractivity contribution is -0.119. The monoisotopic (exact) mass is 507 g/mol. The predicted molar refractivity (Wildman–Crippen MR) is 132 cm³/mol. The molecule has 0 atom stereocenters. The number of rotatable bonds is 6. The van der Waals surface area contributed by atoms with Gasteiger partial charge in [0.1, 0.15) is 28.7 Å². The zero-order valence-corrected chi connectivity index (χ0v) is 20.0. The highest BCUT2D eigenvalue weighted by Gasteiger charge is 2.19. The summed E-state index contributed by atoms with van der Waals surface area (Å²) in [5, 5.41) is 18.9. The summed E-state index contributed by atoms with van der Waals surface area (Å²) < 4.78 is 40.5.